The monoisotopic (exact) mass is 161 g/mol. The lowest BCUT2D eigenvalue weighted by Crippen LogP contribution is -2.70. The van der Waals surface area contributed by atoms with E-state index in [9.17, 15) is 0 Å². The average Bonchev–Trinajstić information content (AvgIpc) is 1.59. The highest BCUT2D eigenvalue weighted by molar-refractivity contribution is 6.09. The third-order valence-corrected chi connectivity index (χ3v) is 2.59. The normalized spacial score (nSPS) is 14.4. The molecule has 0 aliphatic rings. The molecule has 0 amide bonds. The van der Waals surface area contributed by atoms with Crippen LogP contribution < -0.4 is 11.7 Å². The highest BCUT2D eigenvalue weighted by atomic mass is 28.1. The summed E-state index contributed by atoms with van der Waals surface area (Å²) in [5.41, 5.74) is 0. The van der Waals surface area contributed by atoms with Crippen LogP contribution >= 0.6 is 0 Å². The van der Waals surface area contributed by atoms with Gasteiger partial charge < -0.3 is 0 Å². The molecule has 0 aromatic heterocycles. The summed E-state index contributed by atoms with van der Waals surface area (Å²) in [5.74, 6) is 11.5. The first kappa shape index (κ1) is 10.1. The molecule has 59 valence electrons. The molecular formula is C5H17N4Si+2. The van der Waals surface area contributed by atoms with Crippen molar-refractivity contribution in [3.05, 3.63) is 0 Å². The maximum atomic E-state index is 5.76. The summed E-state index contributed by atoms with van der Waals surface area (Å²) in [4.78, 5) is 0. The Labute approximate surface area is 65.9 Å². The SMILES string of the molecule is C[N+](C)(N)C([Si])[N+](C)(C)N. The Morgan fingerprint density at radius 2 is 1.20 bits per heavy atom. The molecule has 0 rings (SSSR count). The Kier molecular flexibility index (Phi) is 2.61. The minimum Gasteiger partial charge on any atom is -0.210 e. The Hall–Kier alpha value is 0.0569. The fourth-order valence-electron chi connectivity index (χ4n) is 0.767. The first-order chi connectivity index (χ1) is 4.15. The van der Waals surface area contributed by atoms with Crippen LogP contribution in [0.1, 0.15) is 0 Å². The second-order valence-corrected chi connectivity index (χ2v) is 4.15. The fraction of sp³-hybridized carbons (Fsp3) is 1.00. The first-order valence-electron chi connectivity index (χ1n) is 3.11. The molecule has 0 saturated carbocycles. The van der Waals surface area contributed by atoms with Crippen molar-refractivity contribution < 1.29 is 9.18 Å². The van der Waals surface area contributed by atoms with Crippen LogP contribution in [0.4, 0.5) is 0 Å². The van der Waals surface area contributed by atoms with Gasteiger partial charge in [-0.05, 0) is 0 Å². The Morgan fingerprint density at radius 3 is 1.20 bits per heavy atom. The molecule has 0 aromatic rings. The highest BCUT2D eigenvalue weighted by Crippen LogP contribution is 2.01. The van der Waals surface area contributed by atoms with Crippen molar-refractivity contribution in [3.63, 3.8) is 0 Å². The molecule has 0 heterocycles. The maximum Gasteiger partial charge on any atom is 0.213 e. The molecule has 0 atom stereocenters. The van der Waals surface area contributed by atoms with Gasteiger partial charge >= 0.3 is 0 Å². The van der Waals surface area contributed by atoms with Gasteiger partial charge in [-0.3, -0.25) is 0 Å². The summed E-state index contributed by atoms with van der Waals surface area (Å²) < 4.78 is 0.612. The average molecular weight is 161 g/mol. The predicted molar refractivity (Wildman–Crippen MR) is 42.1 cm³/mol. The standard InChI is InChI=1S/C5H17N4Si/c1-8(2,6)5(10)9(3,4)7/h5H,6-7H2,1-4H3/q+2. The molecule has 0 saturated heterocycles. The molecule has 4 nitrogen and oxygen atoms in total. The zero-order valence-corrected chi connectivity index (χ0v) is 8.13. The minimum absolute atomic E-state index is 0.000000000000000222. The Bertz CT molecular complexity index is 97.8. The first-order valence-corrected chi connectivity index (χ1v) is 3.69. The molecule has 0 unspecified atom stereocenters. The summed E-state index contributed by atoms with van der Waals surface area (Å²) in [6, 6.07) is 0. The molecule has 0 spiro atoms. The second-order valence-electron chi connectivity index (χ2n) is 3.63. The largest absolute Gasteiger partial charge is 0.213 e. The van der Waals surface area contributed by atoms with E-state index in [2.05, 4.69) is 10.2 Å². The van der Waals surface area contributed by atoms with Crippen LogP contribution in [0.2, 0.25) is 0 Å². The predicted octanol–water partition coefficient (Wildman–Crippen LogP) is -1.66. The van der Waals surface area contributed by atoms with Crippen LogP contribution in [0, 0.1) is 0 Å². The van der Waals surface area contributed by atoms with Gasteiger partial charge in [-0.25, -0.2) is 9.18 Å². The van der Waals surface area contributed by atoms with Crippen molar-refractivity contribution in [3.8, 4) is 0 Å². The van der Waals surface area contributed by atoms with Crippen LogP contribution in [-0.4, -0.2) is 53.4 Å². The van der Waals surface area contributed by atoms with Gasteiger partial charge in [0.15, 0.2) is 0 Å². The maximum absolute atomic E-state index is 5.76. The van der Waals surface area contributed by atoms with Crippen molar-refractivity contribution in [2.24, 2.45) is 11.7 Å². The van der Waals surface area contributed by atoms with Gasteiger partial charge in [-0.1, -0.05) is 0 Å². The lowest BCUT2D eigenvalue weighted by Gasteiger charge is -2.38. The topological polar surface area (TPSA) is 52.0 Å². The number of nitrogens with two attached hydrogens (primary N) is 2. The number of rotatable bonds is 2. The van der Waals surface area contributed by atoms with Gasteiger partial charge in [-0.15, -0.1) is 0 Å². The fourth-order valence-corrected chi connectivity index (χ4v) is 0.767. The van der Waals surface area contributed by atoms with Crippen LogP contribution in [0.25, 0.3) is 0 Å². The van der Waals surface area contributed by atoms with Gasteiger partial charge in [0.2, 0.25) is 16.0 Å². The number of quaternary nitrogens is 2. The van der Waals surface area contributed by atoms with E-state index >= 15 is 0 Å². The molecule has 3 radical (unpaired) electrons. The highest BCUT2D eigenvalue weighted by Gasteiger charge is 2.32. The van der Waals surface area contributed by atoms with Crippen molar-refractivity contribution in [1.82, 2.24) is 0 Å². The molecule has 5 heteroatoms. The third-order valence-electron chi connectivity index (χ3n) is 1.26. The van der Waals surface area contributed by atoms with Gasteiger partial charge in [-0.2, -0.15) is 11.7 Å². The van der Waals surface area contributed by atoms with E-state index < -0.39 is 0 Å². The van der Waals surface area contributed by atoms with E-state index in [-0.39, 0.29) is 5.79 Å². The molecule has 0 bridgehead atoms. The lowest BCUT2D eigenvalue weighted by atomic mass is 10.7. The van der Waals surface area contributed by atoms with Gasteiger partial charge in [0.05, 0.1) is 28.2 Å². The zero-order chi connectivity index (χ0) is 8.58. The lowest BCUT2D eigenvalue weighted by molar-refractivity contribution is -1.10. The van der Waals surface area contributed by atoms with E-state index in [0.717, 1.165) is 0 Å². The van der Waals surface area contributed by atoms with E-state index in [0.29, 0.717) is 9.18 Å². The summed E-state index contributed by atoms with van der Waals surface area (Å²) in [7, 11) is 11.0. The quantitative estimate of drug-likeness (QED) is 0.167. The number of hydrogen-bond donors (Lipinski definition) is 2. The summed E-state index contributed by atoms with van der Waals surface area (Å²) in [5, 5.41) is 0. The molecule has 0 fully saturated rings. The number of hydrogen-bond acceptors (Lipinski definition) is 2. The minimum atomic E-state index is -0.000000000000000222. The Balaban J connectivity index is 4.23. The summed E-state index contributed by atoms with van der Waals surface area (Å²) in [6.07, 6.45) is 0. The van der Waals surface area contributed by atoms with E-state index in [4.69, 9.17) is 11.7 Å². The second kappa shape index (κ2) is 2.59. The van der Waals surface area contributed by atoms with Gasteiger partial charge in [0, 0.05) is 0 Å². The molecular weight excluding hydrogens is 144 g/mol. The van der Waals surface area contributed by atoms with Gasteiger partial charge in [0.1, 0.15) is 0 Å². The third kappa shape index (κ3) is 2.76. The van der Waals surface area contributed by atoms with Crippen molar-refractivity contribution >= 4 is 10.2 Å². The smallest absolute Gasteiger partial charge is 0.210 e. The van der Waals surface area contributed by atoms with Crippen LogP contribution in [0.15, 0.2) is 0 Å². The van der Waals surface area contributed by atoms with Crippen LogP contribution in [0.3, 0.4) is 0 Å². The van der Waals surface area contributed by atoms with E-state index in [1.807, 2.05) is 28.2 Å². The Morgan fingerprint density at radius 1 is 1.00 bits per heavy atom. The summed E-state index contributed by atoms with van der Waals surface area (Å²) in [6.45, 7) is 0. The number of nitrogens with zero attached hydrogens (tertiary/aromatic N) is 2. The molecule has 0 aliphatic heterocycles. The zero-order valence-electron chi connectivity index (χ0n) is 7.13. The molecule has 0 aromatic carbocycles. The molecule has 4 N–H and O–H groups in total. The van der Waals surface area contributed by atoms with Crippen LogP contribution in [-0.2, 0) is 0 Å². The van der Waals surface area contributed by atoms with Crippen molar-refractivity contribution in [2.45, 2.75) is 5.79 Å². The summed E-state index contributed by atoms with van der Waals surface area (Å²) >= 11 is 0. The van der Waals surface area contributed by atoms with Gasteiger partial charge in [0.25, 0.3) is 0 Å². The van der Waals surface area contributed by atoms with Crippen molar-refractivity contribution in [1.29, 1.82) is 0 Å². The van der Waals surface area contributed by atoms with Crippen molar-refractivity contribution in [2.75, 3.05) is 28.2 Å². The van der Waals surface area contributed by atoms with E-state index in [1.54, 1.807) is 0 Å². The van der Waals surface area contributed by atoms with Crippen LogP contribution in [0.5, 0.6) is 0 Å². The molecule has 10 heavy (non-hydrogen) atoms. The molecule has 0 aliphatic carbocycles. The van der Waals surface area contributed by atoms with E-state index in [1.165, 1.54) is 0 Å².